The number of nitrogens with two attached hydrogens (primary N) is 1. The second-order valence-corrected chi connectivity index (χ2v) is 3.17. The topological polar surface area (TPSA) is 62.7 Å². The van der Waals surface area contributed by atoms with Gasteiger partial charge in [0.05, 0.1) is 11.5 Å². The molecule has 0 aromatic carbocycles. The summed E-state index contributed by atoms with van der Waals surface area (Å²) in [5, 5.41) is 8.87. The van der Waals surface area contributed by atoms with Crippen LogP contribution in [0.2, 0.25) is 0 Å². The van der Waals surface area contributed by atoms with E-state index < -0.39 is 0 Å². The molecular formula is C9H9N3. The molecule has 2 rings (SSSR count). The zero-order chi connectivity index (χ0) is 8.60. The molecule has 1 heterocycles. The van der Waals surface area contributed by atoms with Crippen molar-refractivity contribution in [3.05, 3.63) is 23.9 Å². The van der Waals surface area contributed by atoms with Crippen LogP contribution in [0.1, 0.15) is 18.4 Å². The van der Waals surface area contributed by atoms with Crippen LogP contribution in [0.15, 0.2) is 18.3 Å². The molecule has 1 saturated carbocycles. The number of nitrogen functional groups attached to an aromatic ring is 1. The van der Waals surface area contributed by atoms with Gasteiger partial charge in [0, 0.05) is 6.20 Å². The molecule has 2 N–H and O–H groups in total. The van der Waals surface area contributed by atoms with E-state index in [1.807, 2.05) is 6.07 Å². The van der Waals surface area contributed by atoms with Gasteiger partial charge < -0.3 is 5.73 Å². The van der Waals surface area contributed by atoms with Crippen LogP contribution in [-0.2, 0) is 5.41 Å². The highest BCUT2D eigenvalue weighted by molar-refractivity contribution is 5.40. The summed E-state index contributed by atoms with van der Waals surface area (Å²) >= 11 is 0. The Morgan fingerprint density at radius 3 is 2.67 bits per heavy atom. The fraction of sp³-hybridized carbons (Fsp3) is 0.333. The summed E-state index contributed by atoms with van der Waals surface area (Å²) in [5.74, 6) is 0.507. The SMILES string of the molecule is N#CC1(c2ccc(N)nc2)CC1. The molecule has 0 bridgehead atoms. The first-order valence-electron chi connectivity index (χ1n) is 3.90. The van der Waals surface area contributed by atoms with E-state index in [-0.39, 0.29) is 5.41 Å². The minimum absolute atomic E-state index is 0.235. The van der Waals surface area contributed by atoms with E-state index in [9.17, 15) is 0 Å². The average Bonchev–Trinajstić information content (AvgIpc) is 2.86. The molecule has 1 aliphatic carbocycles. The number of anilines is 1. The number of rotatable bonds is 1. The van der Waals surface area contributed by atoms with Crippen LogP contribution in [0, 0.1) is 11.3 Å². The Morgan fingerprint density at radius 1 is 1.50 bits per heavy atom. The van der Waals surface area contributed by atoms with Gasteiger partial charge >= 0.3 is 0 Å². The Kier molecular flexibility index (Phi) is 1.31. The van der Waals surface area contributed by atoms with E-state index in [2.05, 4.69) is 11.1 Å². The number of nitrogens with zero attached hydrogens (tertiary/aromatic N) is 2. The zero-order valence-corrected chi connectivity index (χ0v) is 6.62. The lowest BCUT2D eigenvalue weighted by Crippen LogP contribution is -2.03. The van der Waals surface area contributed by atoms with Gasteiger partial charge in [-0.1, -0.05) is 6.07 Å². The Morgan fingerprint density at radius 2 is 2.25 bits per heavy atom. The Bertz CT molecular complexity index is 330. The molecule has 3 nitrogen and oxygen atoms in total. The monoisotopic (exact) mass is 159 g/mol. The molecule has 0 unspecified atom stereocenters. The molecule has 3 heteroatoms. The van der Waals surface area contributed by atoms with Crippen LogP contribution in [0.4, 0.5) is 5.82 Å². The van der Waals surface area contributed by atoms with Crippen molar-refractivity contribution in [3.63, 3.8) is 0 Å². The summed E-state index contributed by atoms with van der Waals surface area (Å²) in [6, 6.07) is 5.94. The molecule has 0 saturated heterocycles. The fourth-order valence-electron chi connectivity index (χ4n) is 1.28. The standard InChI is InChI=1S/C9H9N3/c10-6-9(3-4-9)7-1-2-8(11)12-5-7/h1-2,5H,3-4H2,(H2,11,12). The average molecular weight is 159 g/mol. The second-order valence-electron chi connectivity index (χ2n) is 3.17. The lowest BCUT2D eigenvalue weighted by atomic mass is 10.0. The van der Waals surface area contributed by atoms with E-state index in [1.54, 1.807) is 12.3 Å². The lowest BCUT2D eigenvalue weighted by Gasteiger charge is -2.04. The van der Waals surface area contributed by atoms with E-state index in [0.29, 0.717) is 5.82 Å². The third-order valence-corrected chi connectivity index (χ3v) is 2.30. The van der Waals surface area contributed by atoms with E-state index in [0.717, 1.165) is 18.4 Å². The maximum absolute atomic E-state index is 8.87. The number of hydrogen-bond donors (Lipinski definition) is 1. The summed E-state index contributed by atoms with van der Waals surface area (Å²) in [7, 11) is 0. The number of pyridine rings is 1. The van der Waals surface area contributed by atoms with Gasteiger partial charge in [0.15, 0.2) is 0 Å². The number of nitriles is 1. The first kappa shape index (κ1) is 7.11. The molecule has 1 fully saturated rings. The van der Waals surface area contributed by atoms with E-state index in [4.69, 9.17) is 11.0 Å². The van der Waals surface area contributed by atoms with Gasteiger partial charge in [0.25, 0.3) is 0 Å². The van der Waals surface area contributed by atoms with Crippen molar-refractivity contribution in [3.8, 4) is 6.07 Å². The van der Waals surface area contributed by atoms with Crippen LogP contribution < -0.4 is 5.73 Å². The van der Waals surface area contributed by atoms with Crippen LogP contribution in [0.25, 0.3) is 0 Å². The van der Waals surface area contributed by atoms with E-state index >= 15 is 0 Å². The highest BCUT2D eigenvalue weighted by Crippen LogP contribution is 2.47. The summed E-state index contributed by atoms with van der Waals surface area (Å²) in [5.41, 5.74) is 6.20. The quantitative estimate of drug-likeness (QED) is 0.670. The highest BCUT2D eigenvalue weighted by atomic mass is 14.8. The van der Waals surface area contributed by atoms with Gasteiger partial charge in [-0.3, -0.25) is 0 Å². The Balaban J connectivity index is 2.37. The van der Waals surface area contributed by atoms with E-state index in [1.165, 1.54) is 0 Å². The second kappa shape index (κ2) is 2.21. The molecule has 0 radical (unpaired) electrons. The van der Waals surface area contributed by atoms with Crippen molar-refractivity contribution in [2.24, 2.45) is 0 Å². The third kappa shape index (κ3) is 0.928. The molecule has 60 valence electrons. The molecule has 1 aromatic heterocycles. The van der Waals surface area contributed by atoms with Crippen LogP contribution in [0.3, 0.4) is 0 Å². The Labute approximate surface area is 70.8 Å². The predicted molar refractivity (Wildman–Crippen MR) is 45.2 cm³/mol. The smallest absolute Gasteiger partial charge is 0.123 e. The molecular weight excluding hydrogens is 150 g/mol. The molecule has 0 amide bonds. The van der Waals surface area contributed by atoms with Gasteiger partial charge in [0.2, 0.25) is 0 Å². The van der Waals surface area contributed by atoms with Crippen molar-refractivity contribution in [2.45, 2.75) is 18.3 Å². The minimum Gasteiger partial charge on any atom is -0.384 e. The summed E-state index contributed by atoms with van der Waals surface area (Å²) in [4.78, 5) is 3.96. The zero-order valence-electron chi connectivity index (χ0n) is 6.62. The summed E-state index contributed by atoms with van der Waals surface area (Å²) in [6.07, 6.45) is 3.61. The summed E-state index contributed by atoms with van der Waals surface area (Å²) < 4.78 is 0. The fourth-order valence-corrected chi connectivity index (χ4v) is 1.28. The van der Waals surface area contributed by atoms with Crippen LogP contribution >= 0.6 is 0 Å². The van der Waals surface area contributed by atoms with Crippen molar-refractivity contribution in [2.75, 3.05) is 5.73 Å². The highest BCUT2D eigenvalue weighted by Gasteiger charge is 2.44. The predicted octanol–water partition coefficient (Wildman–Crippen LogP) is 1.22. The molecule has 0 spiro atoms. The molecule has 12 heavy (non-hydrogen) atoms. The first-order chi connectivity index (χ1) is 5.77. The largest absolute Gasteiger partial charge is 0.384 e. The van der Waals surface area contributed by atoms with Crippen molar-refractivity contribution in [1.29, 1.82) is 5.26 Å². The van der Waals surface area contributed by atoms with Crippen LogP contribution in [0.5, 0.6) is 0 Å². The van der Waals surface area contributed by atoms with Gasteiger partial charge in [-0.15, -0.1) is 0 Å². The Hall–Kier alpha value is -1.56. The van der Waals surface area contributed by atoms with Crippen LogP contribution in [-0.4, -0.2) is 4.98 Å². The third-order valence-electron chi connectivity index (χ3n) is 2.30. The van der Waals surface area contributed by atoms with Gasteiger partial charge in [-0.2, -0.15) is 5.26 Å². The number of hydrogen-bond acceptors (Lipinski definition) is 3. The maximum Gasteiger partial charge on any atom is 0.123 e. The van der Waals surface area contributed by atoms with Crippen molar-refractivity contribution >= 4 is 5.82 Å². The summed E-state index contributed by atoms with van der Waals surface area (Å²) in [6.45, 7) is 0. The lowest BCUT2D eigenvalue weighted by molar-refractivity contribution is 0.898. The van der Waals surface area contributed by atoms with Gasteiger partial charge in [-0.25, -0.2) is 4.98 Å². The van der Waals surface area contributed by atoms with Crippen molar-refractivity contribution < 1.29 is 0 Å². The minimum atomic E-state index is -0.235. The molecule has 0 atom stereocenters. The number of aromatic nitrogens is 1. The van der Waals surface area contributed by atoms with Gasteiger partial charge in [0.1, 0.15) is 5.82 Å². The normalized spacial score (nSPS) is 18.2. The molecule has 1 aliphatic rings. The maximum atomic E-state index is 8.87. The van der Waals surface area contributed by atoms with Crippen molar-refractivity contribution in [1.82, 2.24) is 4.98 Å². The molecule has 0 aliphatic heterocycles. The molecule has 1 aromatic rings. The first-order valence-corrected chi connectivity index (χ1v) is 3.90. The van der Waals surface area contributed by atoms with Gasteiger partial charge in [-0.05, 0) is 24.5 Å².